The molecule has 0 heterocycles. The Kier molecular flexibility index (Phi) is 10.2. The second kappa shape index (κ2) is 11.0. The fourth-order valence-electron chi connectivity index (χ4n) is 1.91. The SMILES string of the molecule is COCCOCCOc1c(C)cc(I)c(C(OC)OC)c1I. The lowest BCUT2D eigenvalue weighted by molar-refractivity contribution is -0.107. The number of halogens is 2. The predicted molar refractivity (Wildman–Crippen MR) is 102 cm³/mol. The van der Waals surface area contributed by atoms with Crippen LogP contribution in [0.4, 0.5) is 0 Å². The summed E-state index contributed by atoms with van der Waals surface area (Å²) in [5.41, 5.74) is 2.08. The van der Waals surface area contributed by atoms with E-state index in [4.69, 9.17) is 23.7 Å². The van der Waals surface area contributed by atoms with Crippen LogP contribution in [-0.2, 0) is 18.9 Å². The Morgan fingerprint density at radius 3 is 2.23 bits per heavy atom. The van der Waals surface area contributed by atoms with Gasteiger partial charge in [-0.25, -0.2) is 0 Å². The van der Waals surface area contributed by atoms with Gasteiger partial charge in [0.1, 0.15) is 12.4 Å². The molecule has 1 aromatic carbocycles. The van der Waals surface area contributed by atoms with Gasteiger partial charge in [-0.2, -0.15) is 0 Å². The normalized spacial score (nSPS) is 11.2. The molecule has 1 aromatic rings. The lowest BCUT2D eigenvalue weighted by atomic mass is 10.1. The minimum atomic E-state index is -0.403. The van der Waals surface area contributed by atoms with E-state index in [0.29, 0.717) is 26.4 Å². The maximum absolute atomic E-state index is 5.89. The largest absolute Gasteiger partial charge is 0.490 e. The summed E-state index contributed by atoms with van der Waals surface area (Å²) >= 11 is 4.57. The molecule has 0 aliphatic heterocycles. The van der Waals surface area contributed by atoms with Crippen molar-refractivity contribution in [3.05, 3.63) is 24.3 Å². The van der Waals surface area contributed by atoms with Crippen LogP contribution in [0, 0.1) is 14.1 Å². The molecule has 22 heavy (non-hydrogen) atoms. The van der Waals surface area contributed by atoms with Crippen LogP contribution < -0.4 is 4.74 Å². The quantitative estimate of drug-likeness (QED) is 0.260. The van der Waals surface area contributed by atoms with Crippen LogP contribution in [0.15, 0.2) is 6.07 Å². The third kappa shape index (κ3) is 5.75. The van der Waals surface area contributed by atoms with Crippen LogP contribution >= 0.6 is 45.2 Å². The van der Waals surface area contributed by atoms with Gasteiger partial charge >= 0.3 is 0 Å². The predicted octanol–water partition coefficient (Wildman–Crippen LogP) is 3.54. The molecule has 0 aliphatic carbocycles. The van der Waals surface area contributed by atoms with Crippen molar-refractivity contribution in [3.8, 4) is 5.75 Å². The van der Waals surface area contributed by atoms with Gasteiger partial charge in [0.25, 0.3) is 0 Å². The van der Waals surface area contributed by atoms with E-state index in [9.17, 15) is 0 Å². The molecule has 0 aliphatic rings. The standard InChI is InChI=1S/C15H22I2O5/c1-10-9-11(16)12(15(19-3)20-4)13(17)14(10)22-8-7-21-6-5-18-2/h9,15H,5-8H2,1-4H3. The van der Waals surface area contributed by atoms with E-state index in [1.807, 2.05) is 6.92 Å². The number of aryl methyl sites for hydroxylation is 1. The minimum absolute atomic E-state index is 0.403. The molecule has 126 valence electrons. The molecule has 0 unspecified atom stereocenters. The number of methoxy groups -OCH3 is 3. The van der Waals surface area contributed by atoms with Crippen LogP contribution in [0.5, 0.6) is 5.75 Å². The highest BCUT2D eigenvalue weighted by atomic mass is 127. The van der Waals surface area contributed by atoms with Gasteiger partial charge in [-0.1, -0.05) is 0 Å². The van der Waals surface area contributed by atoms with E-state index < -0.39 is 6.29 Å². The first-order chi connectivity index (χ1) is 10.6. The summed E-state index contributed by atoms with van der Waals surface area (Å²) in [7, 11) is 4.91. The molecule has 0 saturated heterocycles. The fraction of sp³-hybridized carbons (Fsp3) is 0.600. The first-order valence-corrected chi connectivity index (χ1v) is 8.96. The maximum atomic E-state index is 5.89. The van der Waals surface area contributed by atoms with Crippen molar-refractivity contribution < 1.29 is 23.7 Å². The van der Waals surface area contributed by atoms with E-state index in [0.717, 1.165) is 24.0 Å². The zero-order valence-electron chi connectivity index (χ0n) is 13.3. The monoisotopic (exact) mass is 536 g/mol. The van der Waals surface area contributed by atoms with Gasteiger partial charge in [-0.15, -0.1) is 0 Å². The minimum Gasteiger partial charge on any atom is -0.490 e. The smallest absolute Gasteiger partial charge is 0.185 e. The summed E-state index contributed by atoms with van der Waals surface area (Å²) in [6.45, 7) is 4.21. The Morgan fingerprint density at radius 1 is 1.00 bits per heavy atom. The van der Waals surface area contributed by atoms with Crippen molar-refractivity contribution in [2.45, 2.75) is 13.2 Å². The lowest BCUT2D eigenvalue weighted by Gasteiger charge is -2.21. The third-order valence-corrected chi connectivity index (χ3v) is 4.93. The third-order valence-electron chi connectivity index (χ3n) is 2.96. The molecule has 0 radical (unpaired) electrons. The van der Waals surface area contributed by atoms with E-state index in [2.05, 4.69) is 51.2 Å². The second-order valence-corrected chi connectivity index (χ2v) is 6.73. The average Bonchev–Trinajstić information content (AvgIpc) is 2.49. The molecule has 0 spiro atoms. The molecule has 1 rings (SSSR count). The maximum Gasteiger partial charge on any atom is 0.185 e. The van der Waals surface area contributed by atoms with Gasteiger partial charge in [-0.05, 0) is 63.7 Å². The van der Waals surface area contributed by atoms with Crippen LogP contribution in [0.25, 0.3) is 0 Å². The van der Waals surface area contributed by atoms with Crippen molar-refractivity contribution in [2.75, 3.05) is 47.8 Å². The van der Waals surface area contributed by atoms with Gasteiger partial charge < -0.3 is 23.7 Å². The van der Waals surface area contributed by atoms with Crippen molar-refractivity contribution in [3.63, 3.8) is 0 Å². The summed E-state index contributed by atoms with van der Waals surface area (Å²) in [6, 6.07) is 2.07. The molecule has 0 fully saturated rings. The van der Waals surface area contributed by atoms with Crippen LogP contribution in [0.3, 0.4) is 0 Å². The molecule has 5 nitrogen and oxygen atoms in total. The van der Waals surface area contributed by atoms with Gasteiger partial charge in [0, 0.05) is 30.5 Å². The van der Waals surface area contributed by atoms with E-state index in [1.54, 1.807) is 21.3 Å². The highest BCUT2D eigenvalue weighted by molar-refractivity contribution is 14.1. The van der Waals surface area contributed by atoms with Gasteiger partial charge in [0.05, 0.1) is 23.4 Å². The number of rotatable bonds is 10. The molecule has 0 saturated carbocycles. The van der Waals surface area contributed by atoms with Crippen LogP contribution in [-0.4, -0.2) is 47.8 Å². The average molecular weight is 536 g/mol. The molecule has 0 N–H and O–H groups in total. The first kappa shape index (κ1) is 20.4. The molecular formula is C15H22I2O5. The van der Waals surface area contributed by atoms with E-state index >= 15 is 0 Å². The van der Waals surface area contributed by atoms with Crippen molar-refractivity contribution in [1.29, 1.82) is 0 Å². The van der Waals surface area contributed by atoms with Gasteiger partial charge in [0.2, 0.25) is 0 Å². The molecule has 0 atom stereocenters. The highest BCUT2D eigenvalue weighted by Crippen LogP contribution is 2.36. The summed E-state index contributed by atoms with van der Waals surface area (Å²) in [5, 5.41) is 0. The lowest BCUT2D eigenvalue weighted by Crippen LogP contribution is -2.13. The Labute approximate surface area is 159 Å². The summed E-state index contributed by atoms with van der Waals surface area (Å²) in [5.74, 6) is 0.852. The topological polar surface area (TPSA) is 46.2 Å². The van der Waals surface area contributed by atoms with Gasteiger partial charge in [0.15, 0.2) is 6.29 Å². The van der Waals surface area contributed by atoms with E-state index in [1.165, 1.54) is 0 Å². The molecule has 0 aromatic heterocycles. The zero-order chi connectivity index (χ0) is 16.5. The summed E-state index contributed by atoms with van der Waals surface area (Å²) in [6.07, 6.45) is -0.403. The number of ether oxygens (including phenoxy) is 5. The Bertz CT molecular complexity index is 464. The summed E-state index contributed by atoms with van der Waals surface area (Å²) in [4.78, 5) is 0. The molecule has 7 heteroatoms. The van der Waals surface area contributed by atoms with E-state index in [-0.39, 0.29) is 0 Å². The first-order valence-electron chi connectivity index (χ1n) is 6.80. The Hall–Kier alpha value is 0.320. The fourth-order valence-corrected chi connectivity index (χ4v) is 4.54. The number of hydrogen-bond donors (Lipinski definition) is 0. The van der Waals surface area contributed by atoms with Gasteiger partial charge in [-0.3, -0.25) is 0 Å². The number of benzene rings is 1. The summed E-state index contributed by atoms with van der Waals surface area (Å²) < 4.78 is 29.1. The number of hydrogen-bond acceptors (Lipinski definition) is 5. The van der Waals surface area contributed by atoms with Crippen molar-refractivity contribution in [2.24, 2.45) is 0 Å². The Balaban J connectivity index is 2.80. The van der Waals surface area contributed by atoms with Crippen molar-refractivity contribution in [1.82, 2.24) is 0 Å². The van der Waals surface area contributed by atoms with Crippen molar-refractivity contribution >= 4 is 45.2 Å². The van der Waals surface area contributed by atoms with Crippen LogP contribution in [0.2, 0.25) is 0 Å². The molecule has 0 amide bonds. The second-order valence-electron chi connectivity index (χ2n) is 4.49. The zero-order valence-corrected chi connectivity index (χ0v) is 17.6. The van der Waals surface area contributed by atoms with Crippen LogP contribution in [0.1, 0.15) is 17.4 Å². The molecular weight excluding hydrogens is 514 g/mol. The highest BCUT2D eigenvalue weighted by Gasteiger charge is 2.21. The molecule has 0 bridgehead atoms. The Morgan fingerprint density at radius 2 is 1.64 bits per heavy atom.